The molecule has 0 bridgehead atoms. The Hall–Kier alpha value is -1.82. The first-order valence-electron chi connectivity index (χ1n) is 8.14. The van der Waals surface area contributed by atoms with Gasteiger partial charge in [0.2, 0.25) is 0 Å². The molecule has 0 nitrogen and oxygen atoms in total. The van der Waals surface area contributed by atoms with Crippen molar-refractivity contribution >= 4 is 21.5 Å². The maximum atomic E-state index is 2.34. The molecule has 0 fully saturated rings. The molecule has 114 valence electrons. The first-order valence-corrected chi connectivity index (χ1v) is 8.14. The highest BCUT2D eigenvalue weighted by Gasteiger charge is 2.16. The summed E-state index contributed by atoms with van der Waals surface area (Å²) in [6.45, 7) is 13.6. The SMILES string of the molecule is CC(C)(C)c1ccc2c(ccc3cc(C(C)(C)C)ccc32)c1. The van der Waals surface area contributed by atoms with Gasteiger partial charge in [0.05, 0.1) is 0 Å². The quantitative estimate of drug-likeness (QED) is 0.410. The highest BCUT2D eigenvalue weighted by Crippen LogP contribution is 2.32. The van der Waals surface area contributed by atoms with Gasteiger partial charge in [-0.25, -0.2) is 0 Å². The van der Waals surface area contributed by atoms with E-state index in [0.717, 1.165) is 0 Å². The van der Waals surface area contributed by atoms with Crippen molar-refractivity contribution in [1.82, 2.24) is 0 Å². The lowest BCUT2D eigenvalue weighted by Gasteiger charge is -2.21. The van der Waals surface area contributed by atoms with Gasteiger partial charge >= 0.3 is 0 Å². The second-order valence-corrected chi connectivity index (χ2v) is 8.44. The van der Waals surface area contributed by atoms with Crippen LogP contribution in [-0.4, -0.2) is 0 Å². The van der Waals surface area contributed by atoms with Gasteiger partial charge in [0.15, 0.2) is 0 Å². The summed E-state index contributed by atoms with van der Waals surface area (Å²) in [5, 5.41) is 5.38. The molecule has 0 aliphatic rings. The Morgan fingerprint density at radius 3 is 1.18 bits per heavy atom. The third kappa shape index (κ3) is 2.63. The molecule has 0 heterocycles. The van der Waals surface area contributed by atoms with Gasteiger partial charge in [-0.15, -0.1) is 0 Å². The minimum atomic E-state index is 0.194. The van der Waals surface area contributed by atoms with Gasteiger partial charge in [-0.2, -0.15) is 0 Å². The van der Waals surface area contributed by atoms with Crippen molar-refractivity contribution in [2.24, 2.45) is 0 Å². The van der Waals surface area contributed by atoms with Crippen LogP contribution in [0.5, 0.6) is 0 Å². The Balaban J connectivity index is 2.24. The third-order valence-corrected chi connectivity index (χ3v) is 4.57. The highest BCUT2D eigenvalue weighted by atomic mass is 14.2. The lowest BCUT2D eigenvalue weighted by molar-refractivity contribution is 0.590. The van der Waals surface area contributed by atoms with Crippen LogP contribution >= 0.6 is 0 Å². The van der Waals surface area contributed by atoms with Crippen molar-refractivity contribution in [3.63, 3.8) is 0 Å². The van der Waals surface area contributed by atoms with Crippen molar-refractivity contribution < 1.29 is 0 Å². The van der Waals surface area contributed by atoms with E-state index >= 15 is 0 Å². The summed E-state index contributed by atoms with van der Waals surface area (Å²) in [6.07, 6.45) is 0. The zero-order valence-electron chi connectivity index (χ0n) is 14.6. The van der Waals surface area contributed by atoms with Gasteiger partial charge in [0.1, 0.15) is 0 Å². The average molecular weight is 290 g/mol. The van der Waals surface area contributed by atoms with Gasteiger partial charge in [0.25, 0.3) is 0 Å². The van der Waals surface area contributed by atoms with E-state index in [-0.39, 0.29) is 10.8 Å². The number of benzene rings is 3. The summed E-state index contributed by atoms with van der Waals surface area (Å²) < 4.78 is 0. The van der Waals surface area contributed by atoms with E-state index < -0.39 is 0 Å². The van der Waals surface area contributed by atoms with Crippen LogP contribution in [0.4, 0.5) is 0 Å². The molecule has 0 unspecified atom stereocenters. The first-order chi connectivity index (χ1) is 10.2. The Morgan fingerprint density at radius 2 is 0.864 bits per heavy atom. The molecule has 0 aliphatic heterocycles. The fraction of sp³-hybridized carbons (Fsp3) is 0.364. The monoisotopic (exact) mass is 290 g/mol. The third-order valence-electron chi connectivity index (χ3n) is 4.57. The van der Waals surface area contributed by atoms with E-state index in [9.17, 15) is 0 Å². The Bertz CT molecular complexity index is 767. The van der Waals surface area contributed by atoms with Crippen LogP contribution in [0.15, 0.2) is 48.5 Å². The van der Waals surface area contributed by atoms with E-state index in [1.165, 1.54) is 32.7 Å². The second-order valence-electron chi connectivity index (χ2n) is 8.44. The molecule has 0 heteroatoms. The minimum absolute atomic E-state index is 0.194. The van der Waals surface area contributed by atoms with E-state index in [4.69, 9.17) is 0 Å². The van der Waals surface area contributed by atoms with Crippen molar-refractivity contribution in [3.05, 3.63) is 59.7 Å². The van der Waals surface area contributed by atoms with Crippen LogP contribution in [0.3, 0.4) is 0 Å². The molecule has 0 radical (unpaired) electrons. The molecule has 0 atom stereocenters. The van der Waals surface area contributed by atoms with E-state index in [1.54, 1.807) is 0 Å². The van der Waals surface area contributed by atoms with Crippen LogP contribution in [0.2, 0.25) is 0 Å². The predicted octanol–water partition coefficient (Wildman–Crippen LogP) is 6.59. The van der Waals surface area contributed by atoms with Gasteiger partial charge < -0.3 is 0 Å². The molecule has 3 aromatic rings. The maximum absolute atomic E-state index is 2.34. The second kappa shape index (κ2) is 4.84. The smallest absolute Gasteiger partial charge is 0.0105 e. The number of fused-ring (bicyclic) bond motifs is 3. The van der Waals surface area contributed by atoms with Crippen LogP contribution < -0.4 is 0 Å². The zero-order valence-corrected chi connectivity index (χ0v) is 14.6. The van der Waals surface area contributed by atoms with Crippen LogP contribution in [-0.2, 0) is 10.8 Å². The summed E-state index contributed by atoms with van der Waals surface area (Å²) in [6, 6.07) is 18.3. The largest absolute Gasteiger partial charge is 0.0578 e. The molecule has 0 N–H and O–H groups in total. The standard InChI is InChI=1S/C22H26/c1-21(2,3)17-9-11-19-15(13-17)7-8-16-14-18(22(4,5)6)10-12-20(16)19/h7-14H,1-6H3. The van der Waals surface area contributed by atoms with Gasteiger partial charge in [-0.1, -0.05) is 90.1 Å². The first kappa shape index (κ1) is 15.1. The number of hydrogen-bond acceptors (Lipinski definition) is 0. The Morgan fingerprint density at radius 1 is 0.500 bits per heavy atom. The van der Waals surface area contributed by atoms with E-state index in [2.05, 4.69) is 90.1 Å². The van der Waals surface area contributed by atoms with Crippen molar-refractivity contribution in [2.45, 2.75) is 52.4 Å². The predicted molar refractivity (Wildman–Crippen MR) is 98.9 cm³/mol. The molecule has 3 rings (SSSR count). The normalized spacial score (nSPS) is 13.0. The Labute approximate surface area is 134 Å². The van der Waals surface area contributed by atoms with Gasteiger partial charge in [0, 0.05) is 0 Å². The summed E-state index contributed by atoms with van der Waals surface area (Å²) in [4.78, 5) is 0. The molecule has 0 saturated carbocycles. The summed E-state index contributed by atoms with van der Waals surface area (Å²) in [7, 11) is 0. The number of hydrogen-bond donors (Lipinski definition) is 0. The lowest BCUT2D eigenvalue weighted by Crippen LogP contribution is -2.11. The van der Waals surface area contributed by atoms with Crippen molar-refractivity contribution in [3.8, 4) is 0 Å². The van der Waals surface area contributed by atoms with Crippen LogP contribution in [0, 0.1) is 0 Å². The molecular weight excluding hydrogens is 264 g/mol. The maximum Gasteiger partial charge on any atom is -0.0105 e. The number of rotatable bonds is 0. The van der Waals surface area contributed by atoms with Crippen molar-refractivity contribution in [1.29, 1.82) is 0 Å². The fourth-order valence-electron chi connectivity index (χ4n) is 3.00. The van der Waals surface area contributed by atoms with Crippen LogP contribution in [0.1, 0.15) is 52.7 Å². The minimum Gasteiger partial charge on any atom is -0.0578 e. The topological polar surface area (TPSA) is 0 Å². The highest BCUT2D eigenvalue weighted by molar-refractivity contribution is 6.07. The van der Waals surface area contributed by atoms with E-state index in [0.29, 0.717) is 0 Å². The fourth-order valence-corrected chi connectivity index (χ4v) is 3.00. The molecule has 0 spiro atoms. The summed E-state index contributed by atoms with van der Waals surface area (Å²) in [5.74, 6) is 0. The molecular formula is C22H26. The van der Waals surface area contributed by atoms with Crippen LogP contribution in [0.25, 0.3) is 21.5 Å². The summed E-state index contributed by atoms with van der Waals surface area (Å²) in [5.41, 5.74) is 3.18. The van der Waals surface area contributed by atoms with Gasteiger partial charge in [-0.05, 0) is 43.5 Å². The lowest BCUT2D eigenvalue weighted by atomic mass is 9.84. The average Bonchev–Trinajstić information content (AvgIpc) is 2.44. The summed E-state index contributed by atoms with van der Waals surface area (Å²) >= 11 is 0. The Kier molecular flexibility index (Phi) is 3.32. The van der Waals surface area contributed by atoms with E-state index in [1.807, 2.05) is 0 Å². The zero-order chi connectivity index (χ0) is 16.1. The van der Waals surface area contributed by atoms with Gasteiger partial charge in [-0.3, -0.25) is 0 Å². The molecule has 3 aromatic carbocycles. The molecule has 0 saturated heterocycles. The molecule has 0 aliphatic carbocycles. The molecule has 0 aromatic heterocycles. The molecule has 0 amide bonds. The molecule has 22 heavy (non-hydrogen) atoms. The van der Waals surface area contributed by atoms with Crippen molar-refractivity contribution in [2.75, 3.05) is 0 Å².